The molecule has 106 valence electrons. The minimum Gasteiger partial charge on any atom is -0.295 e. The lowest BCUT2D eigenvalue weighted by molar-refractivity contribution is -0.114. The molecule has 0 saturated heterocycles. The largest absolute Gasteiger partial charge is 0.295 e. The molecule has 3 rings (SSSR count). The molecule has 0 fully saturated rings. The van der Waals surface area contributed by atoms with E-state index in [0.717, 1.165) is 11.0 Å². The van der Waals surface area contributed by atoms with E-state index in [1.807, 2.05) is 24.3 Å². The molecule has 0 atom stereocenters. The van der Waals surface area contributed by atoms with Crippen LogP contribution in [-0.4, -0.2) is 21.3 Å². The average molecular weight is 304 g/mol. The van der Waals surface area contributed by atoms with Crippen molar-refractivity contribution in [3.8, 4) is 5.69 Å². The summed E-state index contributed by atoms with van der Waals surface area (Å²) in [5.41, 5.74) is 2.25. The molecular weight excluding hydrogens is 293 g/mol. The van der Waals surface area contributed by atoms with Crippen molar-refractivity contribution in [2.24, 2.45) is 0 Å². The summed E-state index contributed by atoms with van der Waals surface area (Å²) in [7, 11) is 0. The highest BCUT2D eigenvalue weighted by atomic mass is 35.5. The van der Waals surface area contributed by atoms with Crippen molar-refractivity contribution in [2.45, 2.75) is 0 Å². The molecule has 0 bridgehead atoms. The predicted molar refractivity (Wildman–Crippen MR) is 80.4 cm³/mol. The molecule has 1 aromatic heterocycles. The second-order valence-corrected chi connectivity index (χ2v) is 4.69. The Bertz CT molecular complexity index is 798. The first-order valence-corrected chi connectivity index (χ1v) is 6.82. The number of halogens is 2. The predicted octanol–water partition coefficient (Wildman–Crippen LogP) is 3.34. The number of carbonyl (C=O) groups is 1. The van der Waals surface area contributed by atoms with E-state index in [1.54, 1.807) is 16.7 Å². The zero-order valence-corrected chi connectivity index (χ0v) is 11.6. The number of benzene rings is 2. The third-order valence-electron chi connectivity index (χ3n) is 3.02. The Morgan fingerprint density at radius 2 is 1.90 bits per heavy atom. The molecule has 0 aliphatic heterocycles. The zero-order valence-electron chi connectivity index (χ0n) is 10.9. The smallest absolute Gasteiger partial charge is 0.241 e. The highest BCUT2D eigenvalue weighted by Crippen LogP contribution is 2.24. The van der Waals surface area contributed by atoms with Crippen molar-refractivity contribution < 1.29 is 9.18 Å². The first-order chi connectivity index (χ1) is 10.2. The Labute approximate surface area is 125 Å². The molecule has 2 aromatic carbocycles. The number of alkyl halides is 1. The average Bonchev–Trinajstić information content (AvgIpc) is 2.86. The van der Waals surface area contributed by atoms with Gasteiger partial charge in [0.1, 0.15) is 11.7 Å². The Balaban J connectivity index is 2.19. The summed E-state index contributed by atoms with van der Waals surface area (Å²) in [6.07, 6.45) is 0. The highest BCUT2D eigenvalue weighted by Gasteiger charge is 2.14. The van der Waals surface area contributed by atoms with Crippen LogP contribution >= 0.6 is 11.6 Å². The number of nitrogens with one attached hydrogen (secondary N) is 1. The van der Waals surface area contributed by atoms with E-state index in [9.17, 15) is 9.18 Å². The van der Waals surface area contributed by atoms with Gasteiger partial charge < -0.3 is 0 Å². The van der Waals surface area contributed by atoms with Gasteiger partial charge in [0, 0.05) is 5.69 Å². The number of rotatable bonds is 3. The summed E-state index contributed by atoms with van der Waals surface area (Å²) >= 11 is 5.52. The van der Waals surface area contributed by atoms with Crippen LogP contribution in [0, 0.1) is 5.82 Å². The molecule has 0 radical (unpaired) electrons. The maximum atomic E-state index is 13.1. The molecule has 21 heavy (non-hydrogen) atoms. The van der Waals surface area contributed by atoms with Crippen LogP contribution in [0.1, 0.15) is 0 Å². The van der Waals surface area contributed by atoms with Gasteiger partial charge in [-0.1, -0.05) is 12.1 Å². The van der Waals surface area contributed by atoms with Crippen LogP contribution in [0.5, 0.6) is 0 Å². The lowest BCUT2D eigenvalue weighted by atomic mass is 10.3. The summed E-state index contributed by atoms with van der Waals surface area (Å²) < 4.78 is 14.8. The number of para-hydroxylation sites is 2. The number of nitrogens with zero attached hydrogens (tertiary/aromatic N) is 2. The van der Waals surface area contributed by atoms with E-state index in [2.05, 4.69) is 10.3 Å². The number of imidazole rings is 1. The summed E-state index contributed by atoms with van der Waals surface area (Å²) in [6, 6.07) is 13.4. The fraction of sp³-hybridized carbons (Fsp3) is 0.0667. The van der Waals surface area contributed by atoms with E-state index in [0.29, 0.717) is 11.6 Å². The standard InChI is InChI=1S/C15H11ClFN3O/c16-9-14(21)19-15-18-12-3-1-2-4-13(12)20(15)11-7-5-10(17)6-8-11/h1-8H,9H2,(H,18,19,21). The SMILES string of the molecule is O=C(CCl)Nc1nc2ccccc2n1-c1ccc(F)cc1. The second-order valence-electron chi connectivity index (χ2n) is 4.42. The first-order valence-electron chi connectivity index (χ1n) is 6.28. The molecule has 0 unspecified atom stereocenters. The Morgan fingerprint density at radius 1 is 1.19 bits per heavy atom. The molecule has 0 aliphatic carbocycles. The van der Waals surface area contributed by atoms with Crippen LogP contribution in [0.15, 0.2) is 48.5 Å². The molecule has 3 aromatic rings. The van der Waals surface area contributed by atoms with Crippen LogP contribution in [0.2, 0.25) is 0 Å². The van der Waals surface area contributed by atoms with Gasteiger partial charge in [-0.2, -0.15) is 0 Å². The summed E-state index contributed by atoms with van der Waals surface area (Å²) in [4.78, 5) is 15.9. The number of hydrogen-bond donors (Lipinski definition) is 1. The molecule has 4 nitrogen and oxygen atoms in total. The quantitative estimate of drug-likeness (QED) is 0.754. The van der Waals surface area contributed by atoms with Crippen LogP contribution in [0.3, 0.4) is 0 Å². The Kier molecular flexibility index (Phi) is 3.58. The van der Waals surface area contributed by atoms with Gasteiger partial charge in [0.25, 0.3) is 0 Å². The van der Waals surface area contributed by atoms with Crippen molar-refractivity contribution in [1.29, 1.82) is 0 Å². The third-order valence-corrected chi connectivity index (χ3v) is 3.26. The normalized spacial score (nSPS) is 10.8. The molecule has 0 saturated carbocycles. The van der Waals surface area contributed by atoms with E-state index in [1.165, 1.54) is 12.1 Å². The lowest BCUT2D eigenvalue weighted by Crippen LogP contribution is -2.16. The number of amides is 1. The van der Waals surface area contributed by atoms with Crippen LogP contribution in [-0.2, 0) is 4.79 Å². The van der Waals surface area contributed by atoms with Crippen molar-refractivity contribution in [3.63, 3.8) is 0 Å². The number of hydrogen-bond acceptors (Lipinski definition) is 2. The maximum Gasteiger partial charge on any atom is 0.241 e. The Hall–Kier alpha value is -2.40. The van der Waals surface area contributed by atoms with Gasteiger partial charge in [-0.3, -0.25) is 14.7 Å². The number of carbonyl (C=O) groups excluding carboxylic acids is 1. The minimum atomic E-state index is -0.352. The molecule has 1 amide bonds. The summed E-state index contributed by atoms with van der Waals surface area (Å²) in [6.45, 7) is 0. The number of fused-ring (bicyclic) bond motifs is 1. The van der Waals surface area contributed by atoms with Crippen LogP contribution in [0.25, 0.3) is 16.7 Å². The van der Waals surface area contributed by atoms with Gasteiger partial charge in [-0.05, 0) is 36.4 Å². The van der Waals surface area contributed by atoms with Gasteiger partial charge >= 0.3 is 0 Å². The van der Waals surface area contributed by atoms with E-state index in [4.69, 9.17) is 11.6 Å². The molecule has 1 heterocycles. The topological polar surface area (TPSA) is 46.9 Å². The molecule has 0 spiro atoms. The van der Waals surface area contributed by atoms with Gasteiger partial charge in [0.2, 0.25) is 11.9 Å². The molecule has 1 N–H and O–H groups in total. The first kappa shape index (κ1) is 13.6. The zero-order chi connectivity index (χ0) is 14.8. The number of anilines is 1. The van der Waals surface area contributed by atoms with Gasteiger partial charge in [-0.15, -0.1) is 11.6 Å². The Morgan fingerprint density at radius 3 is 2.62 bits per heavy atom. The maximum absolute atomic E-state index is 13.1. The molecule has 0 aliphatic rings. The van der Waals surface area contributed by atoms with Gasteiger partial charge in [-0.25, -0.2) is 9.37 Å². The van der Waals surface area contributed by atoms with Crippen LogP contribution < -0.4 is 5.32 Å². The molecular formula is C15H11ClFN3O. The fourth-order valence-corrected chi connectivity index (χ4v) is 2.19. The lowest BCUT2D eigenvalue weighted by Gasteiger charge is -2.09. The van der Waals surface area contributed by atoms with Crippen molar-refractivity contribution in [2.75, 3.05) is 11.2 Å². The number of aromatic nitrogens is 2. The van der Waals surface area contributed by atoms with E-state index in [-0.39, 0.29) is 17.6 Å². The van der Waals surface area contributed by atoms with Gasteiger partial charge in [0.15, 0.2) is 0 Å². The monoisotopic (exact) mass is 303 g/mol. The van der Waals surface area contributed by atoms with Crippen molar-refractivity contribution >= 4 is 34.5 Å². The molecule has 6 heteroatoms. The van der Waals surface area contributed by atoms with Gasteiger partial charge in [0.05, 0.1) is 11.0 Å². The summed E-state index contributed by atoms with van der Waals surface area (Å²) in [5, 5.41) is 2.65. The van der Waals surface area contributed by atoms with E-state index < -0.39 is 0 Å². The third kappa shape index (κ3) is 2.60. The fourth-order valence-electron chi connectivity index (χ4n) is 2.12. The van der Waals surface area contributed by atoms with Crippen molar-refractivity contribution in [3.05, 3.63) is 54.3 Å². The minimum absolute atomic E-state index is 0.160. The van der Waals surface area contributed by atoms with E-state index >= 15 is 0 Å². The van der Waals surface area contributed by atoms with Crippen LogP contribution in [0.4, 0.5) is 10.3 Å². The summed E-state index contributed by atoms with van der Waals surface area (Å²) in [5.74, 6) is -0.481. The second kappa shape index (κ2) is 5.54. The highest BCUT2D eigenvalue weighted by molar-refractivity contribution is 6.29. The van der Waals surface area contributed by atoms with Crippen molar-refractivity contribution in [1.82, 2.24) is 9.55 Å².